The van der Waals surface area contributed by atoms with Gasteiger partial charge in [-0.25, -0.2) is 9.50 Å². The molecule has 0 aromatic carbocycles. The van der Waals surface area contributed by atoms with Gasteiger partial charge in [-0.1, -0.05) is 12.8 Å². The SMILES string of the molecule is Cn1cc(-c2cn3nccc3c(C3CCCC3)n2)cn1. The summed E-state index contributed by atoms with van der Waals surface area (Å²) in [6.45, 7) is 0. The Bertz CT molecular complexity index is 749. The highest BCUT2D eigenvalue weighted by Gasteiger charge is 2.22. The van der Waals surface area contributed by atoms with Gasteiger partial charge in [0.25, 0.3) is 0 Å². The van der Waals surface area contributed by atoms with Crippen LogP contribution in [-0.2, 0) is 7.05 Å². The Labute approximate surface area is 117 Å². The van der Waals surface area contributed by atoms with Gasteiger partial charge in [0.05, 0.1) is 35.5 Å². The molecule has 3 aromatic heterocycles. The summed E-state index contributed by atoms with van der Waals surface area (Å²) in [6.07, 6.45) is 12.8. The highest BCUT2D eigenvalue weighted by atomic mass is 15.2. The van der Waals surface area contributed by atoms with Gasteiger partial charge in [0.2, 0.25) is 0 Å². The van der Waals surface area contributed by atoms with E-state index in [4.69, 9.17) is 4.98 Å². The molecule has 3 aromatic rings. The average Bonchev–Trinajstić information content (AvgIpc) is 3.18. The van der Waals surface area contributed by atoms with Gasteiger partial charge in [0.1, 0.15) is 0 Å². The Hall–Kier alpha value is -2.17. The van der Waals surface area contributed by atoms with Crippen LogP contribution in [0, 0.1) is 0 Å². The van der Waals surface area contributed by atoms with Gasteiger partial charge in [-0.3, -0.25) is 4.68 Å². The van der Waals surface area contributed by atoms with E-state index < -0.39 is 0 Å². The summed E-state index contributed by atoms with van der Waals surface area (Å²) in [7, 11) is 1.92. The average molecular weight is 267 g/mol. The van der Waals surface area contributed by atoms with Crippen molar-refractivity contribution in [3.63, 3.8) is 0 Å². The Kier molecular flexibility index (Phi) is 2.58. The van der Waals surface area contributed by atoms with E-state index in [1.54, 1.807) is 4.68 Å². The van der Waals surface area contributed by atoms with Crippen LogP contribution in [0.1, 0.15) is 37.3 Å². The third kappa shape index (κ3) is 1.81. The number of hydrogen-bond acceptors (Lipinski definition) is 3. The zero-order chi connectivity index (χ0) is 13.5. The minimum absolute atomic E-state index is 0.575. The number of nitrogens with zero attached hydrogens (tertiary/aromatic N) is 5. The number of aryl methyl sites for hydroxylation is 1. The van der Waals surface area contributed by atoms with Crippen molar-refractivity contribution < 1.29 is 0 Å². The van der Waals surface area contributed by atoms with Crippen LogP contribution in [0.3, 0.4) is 0 Å². The third-order valence-electron chi connectivity index (χ3n) is 4.16. The lowest BCUT2D eigenvalue weighted by molar-refractivity contribution is 0.697. The molecule has 0 aliphatic heterocycles. The molecule has 1 aliphatic carbocycles. The maximum absolute atomic E-state index is 4.92. The van der Waals surface area contributed by atoms with Gasteiger partial charge >= 0.3 is 0 Å². The summed E-state index contributed by atoms with van der Waals surface area (Å²) in [5.74, 6) is 0.575. The maximum atomic E-state index is 4.92. The Balaban J connectivity index is 1.90. The molecule has 0 radical (unpaired) electrons. The summed E-state index contributed by atoms with van der Waals surface area (Å²) in [5, 5.41) is 8.63. The molecule has 1 fully saturated rings. The second kappa shape index (κ2) is 4.44. The van der Waals surface area contributed by atoms with E-state index in [1.807, 2.05) is 36.4 Å². The standard InChI is InChI=1S/C15H17N5/c1-19-9-12(8-17-19)13-10-20-14(6-7-16-20)15(18-13)11-4-2-3-5-11/h6-11H,2-5H2,1H3. The smallest absolute Gasteiger partial charge is 0.0921 e. The quantitative estimate of drug-likeness (QED) is 0.717. The van der Waals surface area contributed by atoms with Crippen molar-refractivity contribution in [1.82, 2.24) is 24.4 Å². The molecule has 0 N–H and O–H groups in total. The highest BCUT2D eigenvalue weighted by Crippen LogP contribution is 2.35. The van der Waals surface area contributed by atoms with Crippen LogP contribution in [0.4, 0.5) is 0 Å². The van der Waals surface area contributed by atoms with Crippen molar-refractivity contribution in [1.29, 1.82) is 0 Å². The van der Waals surface area contributed by atoms with Crippen molar-refractivity contribution in [3.8, 4) is 11.3 Å². The van der Waals surface area contributed by atoms with E-state index in [0.717, 1.165) is 16.8 Å². The minimum atomic E-state index is 0.575. The molecule has 1 saturated carbocycles. The molecule has 3 heterocycles. The molecule has 0 atom stereocenters. The van der Waals surface area contributed by atoms with Crippen LogP contribution in [0.2, 0.25) is 0 Å². The van der Waals surface area contributed by atoms with Gasteiger partial charge in [0, 0.05) is 24.7 Å². The van der Waals surface area contributed by atoms with Gasteiger partial charge < -0.3 is 0 Å². The van der Waals surface area contributed by atoms with E-state index in [0.29, 0.717) is 5.92 Å². The van der Waals surface area contributed by atoms with Crippen molar-refractivity contribution in [3.05, 3.63) is 36.5 Å². The summed E-state index contributed by atoms with van der Waals surface area (Å²) < 4.78 is 3.75. The van der Waals surface area contributed by atoms with Gasteiger partial charge in [-0.2, -0.15) is 10.2 Å². The molecular formula is C15H17N5. The van der Waals surface area contributed by atoms with Crippen molar-refractivity contribution >= 4 is 5.52 Å². The number of fused-ring (bicyclic) bond motifs is 1. The molecule has 0 saturated heterocycles. The summed E-state index contributed by atoms with van der Waals surface area (Å²) in [6, 6.07) is 2.06. The summed E-state index contributed by atoms with van der Waals surface area (Å²) in [4.78, 5) is 4.92. The van der Waals surface area contributed by atoms with Crippen molar-refractivity contribution in [2.45, 2.75) is 31.6 Å². The van der Waals surface area contributed by atoms with Gasteiger partial charge in [-0.05, 0) is 18.9 Å². The number of rotatable bonds is 2. The predicted octanol–water partition coefficient (Wildman–Crippen LogP) is 2.79. The zero-order valence-corrected chi connectivity index (χ0v) is 11.5. The Morgan fingerprint density at radius 2 is 2.00 bits per heavy atom. The molecule has 0 spiro atoms. The van der Waals surface area contributed by atoms with Crippen LogP contribution >= 0.6 is 0 Å². The molecule has 20 heavy (non-hydrogen) atoms. The molecule has 4 rings (SSSR count). The zero-order valence-electron chi connectivity index (χ0n) is 11.5. The molecule has 0 bridgehead atoms. The van der Waals surface area contributed by atoms with E-state index in [9.17, 15) is 0 Å². The number of hydrogen-bond donors (Lipinski definition) is 0. The van der Waals surface area contributed by atoms with Crippen molar-refractivity contribution in [2.75, 3.05) is 0 Å². The molecule has 0 amide bonds. The molecule has 5 nitrogen and oxygen atoms in total. The fraction of sp³-hybridized carbons (Fsp3) is 0.400. The first-order valence-electron chi connectivity index (χ1n) is 7.14. The van der Waals surface area contributed by atoms with Crippen LogP contribution < -0.4 is 0 Å². The first-order valence-corrected chi connectivity index (χ1v) is 7.14. The third-order valence-corrected chi connectivity index (χ3v) is 4.16. The molecule has 0 unspecified atom stereocenters. The minimum Gasteiger partial charge on any atom is -0.275 e. The summed E-state index contributed by atoms with van der Waals surface area (Å²) >= 11 is 0. The van der Waals surface area contributed by atoms with E-state index >= 15 is 0 Å². The van der Waals surface area contributed by atoms with Crippen LogP contribution in [0.15, 0.2) is 30.9 Å². The second-order valence-corrected chi connectivity index (χ2v) is 5.56. The lowest BCUT2D eigenvalue weighted by Crippen LogP contribution is -2.03. The Morgan fingerprint density at radius 3 is 2.75 bits per heavy atom. The fourth-order valence-electron chi connectivity index (χ4n) is 3.14. The highest BCUT2D eigenvalue weighted by molar-refractivity contribution is 5.62. The molecule has 1 aliphatic rings. The fourth-order valence-corrected chi connectivity index (χ4v) is 3.14. The molecular weight excluding hydrogens is 250 g/mol. The normalized spacial score (nSPS) is 16.2. The van der Waals surface area contributed by atoms with Crippen LogP contribution in [0.25, 0.3) is 16.8 Å². The first-order chi connectivity index (χ1) is 9.81. The first kappa shape index (κ1) is 11.6. The van der Waals surface area contributed by atoms with E-state index in [2.05, 4.69) is 16.3 Å². The topological polar surface area (TPSA) is 48.0 Å². The second-order valence-electron chi connectivity index (χ2n) is 5.56. The summed E-state index contributed by atoms with van der Waals surface area (Å²) in [5.41, 5.74) is 4.34. The van der Waals surface area contributed by atoms with E-state index in [1.165, 1.54) is 31.4 Å². The van der Waals surface area contributed by atoms with Crippen molar-refractivity contribution in [2.24, 2.45) is 7.05 Å². The number of aromatic nitrogens is 5. The van der Waals surface area contributed by atoms with Gasteiger partial charge in [0.15, 0.2) is 0 Å². The Morgan fingerprint density at radius 1 is 1.15 bits per heavy atom. The maximum Gasteiger partial charge on any atom is 0.0921 e. The van der Waals surface area contributed by atoms with Crippen LogP contribution in [-0.4, -0.2) is 24.4 Å². The molecule has 5 heteroatoms. The monoisotopic (exact) mass is 267 g/mol. The van der Waals surface area contributed by atoms with Crippen LogP contribution in [0.5, 0.6) is 0 Å². The lowest BCUT2D eigenvalue weighted by atomic mass is 10.0. The molecule has 102 valence electrons. The predicted molar refractivity (Wildman–Crippen MR) is 76.4 cm³/mol. The van der Waals surface area contributed by atoms with Gasteiger partial charge in [-0.15, -0.1) is 0 Å². The van der Waals surface area contributed by atoms with E-state index in [-0.39, 0.29) is 0 Å². The lowest BCUT2D eigenvalue weighted by Gasteiger charge is -2.12. The largest absolute Gasteiger partial charge is 0.275 e.